The molecule has 0 fully saturated rings. The molecule has 0 saturated heterocycles. The summed E-state index contributed by atoms with van der Waals surface area (Å²) in [6.07, 6.45) is 1.59. The van der Waals surface area contributed by atoms with E-state index in [4.69, 9.17) is 4.42 Å². The summed E-state index contributed by atoms with van der Waals surface area (Å²) in [6.45, 7) is 1.87. The minimum atomic E-state index is -0.178. The van der Waals surface area contributed by atoms with Crippen molar-refractivity contribution >= 4 is 34.5 Å². The van der Waals surface area contributed by atoms with Crippen molar-refractivity contribution in [2.24, 2.45) is 0 Å². The van der Waals surface area contributed by atoms with E-state index in [0.29, 0.717) is 5.56 Å². The van der Waals surface area contributed by atoms with Crippen molar-refractivity contribution in [3.05, 3.63) is 52.4 Å². The molecule has 94 valence electrons. The second-order valence-electron chi connectivity index (χ2n) is 3.87. The maximum atomic E-state index is 12.1. The molecule has 0 aliphatic heterocycles. The monoisotopic (exact) mass is 325 g/mol. The van der Waals surface area contributed by atoms with Crippen LogP contribution in [0.3, 0.4) is 0 Å². The first kappa shape index (κ1) is 13.2. The quantitative estimate of drug-likeness (QED) is 0.842. The molecule has 2 aromatic rings. The van der Waals surface area contributed by atoms with Crippen molar-refractivity contribution in [2.75, 3.05) is 0 Å². The molecule has 1 unspecified atom stereocenters. The van der Waals surface area contributed by atoms with E-state index in [1.807, 2.05) is 19.1 Å². The fourth-order valence-corrected chi connectivity index (χ4v) is 2.20. The number of thiol groups is 1. The molecule has 1 heterocycles. The van der Waals surface area contributed by atoms with Crippen LogP contribution in [0.5, 0.6) is 0 Å². The number of hydrogen-bond donors (Lipinski definition) is 2. The molecule has 18 heavy (non-hydrogen) atoms. The number of benzene rings is 1. The molecule has 1 amide bonds. The van der Waals surface area contributed by atoms with Crippen LogP contribution in [0.15, 0.2) is 50.4 Å². The molecule has 3 nitrogen and oxygen atoms in total. The van der Waals surface area contributed by atoms with Crippen LogP contribution >= 0.6 is 28.6 Å². The van der Waals surface area contributed by atoms with E-state index in [2.05, 4.69) is 33.9 Å². The lowest BCUT2D eigenvalue weighted by Gasteiger charge is -2.12. The average molecular weight is 326 g/mol. The number of carbonyl (C=O) groups is 1. The van der Waals surface area contributed by atoms with Gasteiger partial charge in [-0.3, -0.25) is 4.79 Å². The van der Waals surface area contributed by atoms with Gasteiger partial charge in [-0.25, -0.2) is 0 Å². The van der Waals surface area contributed by atoms with Gasteiger partial charge in [0.05, 0.1) is 17.9 Å². The maximum absolute atomic E-state index is 12.1. The van der Waals surface area contributed by atoms with E-state index in [9.17, 15) is 4.79 Å². The molecule has 1 aromatic carbocycles. The Kier molecular flexibility index (Phi) is 4.14. The molecule has 1 aromatic heterocycles. The number of carbonyl (C=O) groups excluding carboxylic acids is 1. The lowest BCUT2D eigenvalue weighted by Crippen LogP contribution is -2.26. The summed E-state index contributed by atoms with van der Waals surface area (Å²) in [5.74, 6) is 0.558. The van der Waals surface area contributed by atoms with Gasteiger partial charge in [-0.2, -0.15) is 0 Å². The molecular weight excluding hydrogens is 314 g/mol. The Morgan fingerprint density at radius 3 is 2.89 bits per heavy atom. The van der Waals surface area contributed by atoms with E-state index in [1.54, 1.807) is 24.5 Å². The van der Waals surface area contributed by atoms with Gasteiger partial charge in [-0.05, 0) is 53.2 Å². The van der Waals surface area contributed by atoms with Gasteiger partial charge in [0.2, 0.25) is 0 Å². The van der Waals surface area contributed by atoms with Crippen LogP contribution in [-0.4, -0.2) is 5.91 Å². The normalized spacial score (nSPS) is 12.2. The van der Waals surface area contributed by atoms with Crippen LogP contribution in [0.1, 0.15) is 29.1 Å². The van der Waals surface area contributed by atoms with E-state index < -0.39 is 0 Å². The lowest BCUT2D eigenvalue weighted by molar-refractivity contribution is 0.0934. The van der Waals surface area contributed by atoms with Gasteiger partial charge >= 0.3 is 0 Å². The van der Waals surface area contributed by atoms with Crippen molar-refractivity contribution in [3.8, 4) is 0 Å². The highest BCUT2D eigenvalue weighted by molar-refractivity contribution is 9.10. The zero-order valence-electron chi connectivity index (χ0n) is 9.68. The van der Waals surface area contributed by atoms with Crippen molar-refractivity contribution in [2.45, 2.75) is 17.9 Å². The maximum Gasteiger partial charge on any atom is 0.253 e. The van der Waals surface area contributed by atoms with Gasteiger partial charge in [-0.1, -0.05) is 0 Å². The molecule has 0 bridgehead atoms. The lowest BCUT2D eigenvalue weighted by atomic mass is 10.2. The Morgan fingerprint density at radius 1 is 1.44 bits per heavy atom. The zero-order valence-corrected chi connectivity index (χ0v) is 12.2. The summed E-state index contributed by atoms with van der Waals surface area (Å²) in [7, 11) is 0. The summed E-state index contributed by atoms with van der Waals surface area (Å²) in [5, 5.41) is 2.87. The molecule has 0 aliphatic carbocycles. The Balaban J connectivity index is 2.15. The van der Waals surface area contributed by atoms with Crippen LogP contribution in [0.25, 0.3) is 0 Å². The van der Waals surface area contributed by atoms with Gasteiger partial charge in [-0.15, -0.1) is 12.6 Å². The first-order valence-electron chi connectivity index (χ1n) is 5.40. The Bertz CT molecular complexity index is 554. The Hall–Kier alpha value is -1.20. The third kappa shape index (κ3) is 2.97. The summed E-state index contributed by atoms with van der Waals surface area (Å²) < 4.78 is 5.98. The predicted octanol–water partition coefficient (Wildman–Crippen LogP) is 3.82. The summed E-state index contributed by atoms with van der Waals surface area (Å²) >= 11 is 7.58. The first-order valence-corrected chi connectivity index (χ1v) is 6.64. The molecular formula is C13H12BrNO2S. The van der Waals surface area contributed by atoms with Crippen LogP contribution in [0.4, 0.5) is 0 Å². The molecule has 1 atom stereocenters. The second kappa shape index (κ2) is 5.63. The minimum absolute atomic E-state index is 0.165. The number of furan rings is 1. The molecule has 5 heteroatoms. The van der Waals surface area contributed by atoms with Crippen molar-refractivity contribution < 1.29 is 9.21 Å². The molecule has 2 rings (SSSR count). The van der Waals surface area contributed by atoms with Crippen molar-refractivity contribution in [3.63, 3.8) is 0 Å². The molecule has 0 aliphatic rings. The van der Waals surface area contributed by atoms with E-state index in [1.165, 1.54) is 0 Å². The minimum Gasteiger partial charge on any atom is -0.467 e. The van der Waals surface area contributed by atoms with Gasteiger partial charge < -0.3 is 9.73 Å². The van der Waals surface area contributed by atoms with Crippen molar-refractivity contribution in [1.82, 2.24) is 5.32 Å². The number of rotatable bonds is 3. The van der Waals surface area contributed by atoms with Crippen molar-refractivity contribution in [1.29, 1.82) is 0 Å². The van der Waals surface area contributed by atoms with E-state index in [-0.39, 0.29) is 11.9 Å². The van der Waals surface area contributed by atoms with Crippen LogP contribution in [0, 0.1) is 0 Å². The fraction of sp³-hybridized carbons (Fsp3) is 0.154. The first-order chi connectivity index (χ1) is 8.58. The van der Waals surface area contributed by atoms with Gasteiger partial charge in [0.25, 0.3) is 5.91 Å². The topological polar surface area (TPSA) is 42.2 Å². The Labute approximate surface area is 119 Å². The highest BCUT2D eigenvalue weighted by Crippen LogP contribution is 2.21. The number of hydrogen-bond acceptors (Lipinski definition) is 3. The smallest absolute Gasteiger partial charge is 0.253 e. The summed E-state index contributed by atoms with van der Waals surface area (Å²) in [4.78, 5) is 12.9. The number of nitrogens with one attached hydrogen (secondary N) is 1. The zero-order chi connectivity index (χ0) is 13.1. The van der Waals surface area contributed by atoms with Gasteiger partial charge in [0.1, 0.15) is 5.76 Å². The largest absolute Gasteiger partial charge is 0.467 e. The third-order valence-electron chi connectivity index (χ3n) is 2.51. The van der Waals surface area contributed by atoms with Crippen LogP contribution in [-0.2, 0) is 0 Å². The third-order valence-corrected chi connectivity index (χ3v) is 3.48. The highest BCUT2D eigenvalue weighted by Gasteiger charge is 2.15. The highest BCUT2D eigenvalue weighted by atomic mass is 79.9. The van der Waals surface area contributed by atoms with Gasteiger partial charge in [0, 0.05) is 9.37 Å². The SMILES string of the molecule is CC(NC(=O)c1cc(S)ccc1Br)c1ccco1. The summed E-state index contributed by atoms with van der Waals surface area (Å²) in [5.41, 5.74) is 0.556. The summed E-state index contributed by atoms with van der Waals surface area (Å²) in [6, 6.07) is 8.78. The number of amides is 1. The Morgan fingerprint density at radius 2 is 2.22 bits per heavy atom. The molecule has 0 radical (unpaired) electrons. The average Bonchev–Trinajstić information content (AvgIpc) is 2.85. The van der Waals surface area contributed by atoms with Crippen LogP contribution in [0.2, 0.25) is 0 Å². The standard InChI is InChI=1S/C13H12BrNO2S/c1-8(12-3-2-6-17-12)15-13(16)10-7-9(18)4-5-11(10)14/h2-8,18H,1H3,(H,15,16). The number of halogens is 1. The van der Waals surface area contributed by atoms with Crippen LogP contribution < -0.4 is 5.32 Å². The van der Waals surface area contributed by atoms with E-state index >= 15 is 0 Å². The molecule has 0 spiro atoms. The second-order valence-corrected chi connectivity index (χ2v) is 5.25. The van der Waals surface area contributed by atoms with Gasteiger partial charge in [0.15, 0.2) is 0 Å². The fourth-order valence-electron chi connectivity index (χ4n) is 1.57. The van der Waals surface area contributed by atoms with E-state index in [0.717, 1.165) is 15.1 Å². The molecule has 1 N–H and O–H groups in total. The predicted molar refractivity (Wildman–Crippen MR) is 76.0 cm³/mol. The molecule has 0 saturated carbocycles.